The van der Waals surface area contributed by atoms with E-state index in [9.17, 15) is 8.42 Å². The van der Waals surface area contributed by atoms with Gasteiger partial charge in [-0.25, -0.2) is 8.42 Å². The molecule has 29 heavy (non-hydrogen) atoms. The quantitative estimate of drug-likeness (QED) is 0.418. The molecule has 2 N–H and O–H groups in total. The topological polar surface area (TPSA) is 83.1 Å². The first-order valence-corrected chi connectivity index (χ1v) is 11.8. The molecule has 1 saturated heterocycles. The Hall–Kier alpha value is -1.46. The summed E-state index contributed by atoms with van der Waals surface area (Å²) in [4.78, 5) is 2.43. The average molecular weight is 445 g/mol. The van der Waals surface area contributed by atoms with Gasteiger partial charge in [0.15, 0.2) is 5.11 Å². The highest BCUT2D eigenvalue weighted by molar-refractivity contribution is 7.89. The van der Waals surface area contributed by atoms with E-state index < -0.39 is 10.0 Å². The Labute approximate surface area is 179 Å². The van der Waals surface area contributed by atoms with Crippen LogP contribution in [0, 0.1) is 0 Å². The molecule has 0 spiro atoms. The largest absolute Gasteiger partial charge is 0.385 e. The summed E-state index contributed by atoms with van der Waals surface area (Å²) in [7, 11) is -1.90. The SMILES string of the molecule is CCN(CC)S(=O)(=O)c1ccc(N2CCOCC2)c(NC(=S)NCCCOC)c1. The van der Waals surface area contributed by atoms with Crippen molar-refractivity contribution in [1.82, 2.24) is 9.62 Å². The minimum atomic E-state index is -3.56. The van der Waals surface area contributed by atoms with Crippen molar-refractivity contribution in [3.63, 3.8) is 0 Å². The molecule has 0 aliphatic carbocycles. The molecule has 0 amide bonds. The van der Waals surface area contributed by atoms with Gasteiger partial charge in [0, 0.05) is 46.4 Å². The van der Waals surface area contributed by atoms with Crippen molar-refractivity contribution in [2.45, 2.75) is 25.2 Å². The van der Waals surface area contributed by atoms with E-state index in [1.165, 1.54) is 4.31 Å². The molecule has 0 unspecified atom stereocenters. The van der Waals surface area contributed by atoms with Gasteiger partial charge in [0.2, 0.25) is 10.0 Å². The minimum Gasteiger partial charge on any atom is -0.385 e. The average Bonchev–Trinajstić information content (AvgIpc) is 2.72. The molecule has 164 valence electrons. The van der Waals surface area contributed by atoms with Crippen LogP contribution in [0.15, 0.2) is 23.1 Å². The van der Waals surface area contributed by atoms with Crippen LogP contribution in [0.4, 0.5) is 11.4 Å². The third kappa shape index (κ3) is 6.51. The molecule has 0 bridgehead atoms. The van der Waals surface area contributed by atoms with Crippen LogP contribution in [0.25, 0.3) is 0 Å². The van der Waals surface area contributed by atoms with E-state index in [4.69, 9.17) is 21.7 Å². The number of thiocarbonyl (C=S) groups is 1. The maximum Gasteiger partial charge on any atom is 0.243 e. The van der Waals surface area contributed by atoms with E-state index in [0.717, 1.165) is 25.2 Å². The molecule has 1 aromatic rings. The summed E-state index contributed by atoms with van der Waals surface area (Å²) in [6.45, 7) is 8.59. The number of anilines is 2. The van der Waals surface area contributed by atoms with Crippen LogP contribution in [0.3, 0.4) is 0 Å². The Kier molecular flexibility index (Phi) is 9.57. The fourth-order valence-electron chi connectivity index (χ4n) is 3.15. The Morgan fingerprint density at radius 1 is 1.28 bits per heavy atom. The maximum absolute atomic E-state index is 13.0. The molecule has 0 aromatic heterocycles. The van der Waals surface area contributed by atoms with Crippen LogP contribution in [0.1, 0.15) is 20.3 Å². The molecular formula is C19H32N4O4S2. The lowest BCUT2D eigenvalue weighted by Crippen LogP contribution is -2.37. The Morgan fingerprint density at radius 3 is 2.59 bits per heavy atom. The number of nitrogens with one attached hydrogen (secondary N) is 2. The first-order valence-electron chi connectivity index (χ1n) is 9.94. The highest BCUT2D eigenvalue weighted by atomic mass is 32.2. The molecule has 1 heterocycles. The molecule has 2 rings (SSSR count). The van der Waals surface area contributed by atoms with E-state index in [0.29, 0.717) is 50.3 Å². The van der Waals surface area contributed by atoms with Crippen molar-refractivity contribution in [2.75, 3.05) is 69.9 Å². The van der Waals surface area contributed by atoms with E-state index in [1.807, 2.05) is 19.9 Å². The number of nitrogens with zero attached hydrogens (tertiary/aromatic N) is 2. The number of hydrogen-bond acceptors (Lipinski definition) is 6. The lowest BCUT2D eigenvalue weighted by molar-refractivity contribution is 0.123. The Balaban J connectivity index is 2.28. The van der Waals surface area contributed by atoms with Crippen molar-refractivity contribution < 1.29 is 17.9 Å². The van der Waals surface area contributed by atoms with Gasteiger partial charge in [-0.2, -0.15) is 4.31 Å². The van der Waals surface area contributed by atoms with E-state index >= 15 is 0 Å². The van der Waals surface area contributed by atoms with Gasteiger partial charge in [0.25, 0.3) is 0 Å². The molecule has 0 saturated carbocycles. The Morgan fingerprint density at radius 2 is 1.97 bits per heavy atom. The smallest absolute Gasteiger partial charge is 0.243 e. The van der Waals surface area contributed by atoms with Gasteiger partial charge in [-0.15, -0.1) is 0 Å². The van der Waals surface area contributed by atoms with Crippen LogP contribution >= 0.6 is 12.2 Å². The fourth-order valence-corrected chi connectivity index (χ4v) is 4.85. The molecule has 1 aromatic carbocycles. The highest BCUT2D eigenvalue weighted by Crippen LogP contribution is 2.31. The van der Waals surface area contributed by atoms with Crippen LogP contribution in [-0.4, -0.2) is 77.5 Å². The molecule has 1 aliphatic rings. The standard InChI is InChI=1S/C19H32N4O4S2/c1-4-23(5-2)29(24,25)16-7-8-18(22-10-13-27-14-11-22)17(15-16)21-19(28)20-9-6-12-26-3/h7-8,15H,4-6,9-14H2,1-3H3,(H2,20,21,28). The van der Waals surface area contributed by atoms with Crippen molar-refractivity contribution in [1.29, 1.82) is 0 Å². The first-order chi connectivity index (χ1) is 13.9. The van der Waals surface area contributed by atoms with E-state index in [-0.39, 0.29) is 4.90 Å². The third-order valence-electron chi connectivity index (χ3n) is 4.72. The molecule has 1 aliphatic heterocycles. The van der Waals surface area contributed by atoms with E-state index in [2.05, 4.69) is 15.5 Å². The van der Waals surface area contributed by atoms with Gasteiger partial charge >= 0.3 is 0 Å². The van der Waals surface area contributed by atoms with Crippen molar-refractivity contribution in [3.8, 4) is 0 Å². The molecular weight excluding hydrogens is 412 g/mol. The predicted octanol–water partition coefficient (Wildman–Crippen LogP) is 1.88. The van der Waals surface area contributed by atoms with Gasteiger partial charge in [0.05, 0.1) is 29.5 Å². The zero-order valence-electron chi connectivity index (χ0n) is 17.4. The number of hydrogen-bond donors (Lipinski definition) is 2. The summed E-state index contributed by atoms with van der Waals surface area (Å²) in [6.07, 6.45) is 0.824. The van der Waals surface area contributed by atoms with Crippen molar-refractivity contribution >= 4 is 38.7 Å². The minimum absolute atomic E-state index is 0.253. The summed E-state index contributed by atoms with van der Waals surface area (Å²) in [5.41, 5.74) is 1.58. The number of methoxy groups -OCH3 is 1. The second kappa shape index (κ2) is 11.7. The monoisotopic (exact) mass is 444 g/mol. The lowest BCUT2D eigenvalue weighted by Gasteiger charge is -2.31. The van der Waals surface area contributed by atoms with E-state index in [1.54, 1.807) is 19.2 Å². The van der Waals surface area contributed by atoms with Crippen LogP contribution < -0.4 is 15.5 Å². The first kappa shape index (κ1) is 23.8. The zero-order valence-corrected chi connectivity index (χ0v) is 19.1. The summed E-state index contributed by atoms with van der Waals surface area (Å²) in [5.74, 6) is 0. The van der Waals surface area contributed by atoms with Crippen molar-refractivity contribution in [2.24, 2.45) is 0 Å². The van der Waals surface area contributed by atoms with Gasteiger partial charge in [-0.05, 0) is 36.8 Å². The molecule has 1 fully saturated rings. The number of sulfonamides is 1. The summed E-state index contributed by atoms with van der Waals surface area (Å²) in [5, 5.41) is 6.77. The normalized spacial score (nSPS) is 14.8. The summed E-state index contributed by atoms with van der Waals surface area (Å²) in [6, 6.07) is 5.18. The van der Waals surface area contributed by atoms with Gasteiger partial charge in [0.1, 0.15) is 0 Å². The van der Waals surface area contributed by atoms with Gasteiger partial charge in [-0.1, -0.05) is 13.8 Å². The van der Waals surface area contributed by atoms with Crippen molar-refractivity contribution in [3.05, 3.63) is 18.2 Å². The zero-order chi connectivity index (χ0) is 21.3. The number of morpholine rings is 1. The van der Waals surface area contributed by atoms with Crippen LogP contribution in [0.2, 0.25) is 0 Å². The summed E-state index contributed by atoms with van der Waals surface area (Å²) >= 11 is 5.41. The van der Waals surface area contributed by atoms with Crippen LogP contribution in [-0.2, 0) is 19.5 Å². The fraction of sp³-hybridized carbons (Fsp3) is 0.632. The second-order valence-corrected chi connectivity index (χ2v) is 8.94. The molecule has 0 radical (unpaired) electrons. The summed E-state index contributed by atoms with van der Waals surface area (Å²) < 4.78 is 37.9. The molecule has 10 heteroatoms. The predicted molar refractivity (Wildman–Crippen MR) is 120 cm³/mol. The number of benzene rings is 1. The maximum atomic E-state index is 13.0. The lowest BCUT2D eigenvalue weighted by atomic mass is 10.2. The van der Waals surface area contributed by atoms with Gasteiger partial charge < -0.3 is 25.0 Å². The number of ether oxygens (including phenoxy) is 2. The van der Waals surface area contributed by atoms with Gasteiger partial charge in [-0.3, -0.25) is 0 Å². The molecule has 8 nitrogen and oxygen atoms in total. The second-order valence-electron chi connectivity index (χ2n) is 6.59. The highest BCUT2D eigenvalue weighted by Gasteiger charge is 2.24. The number of rotatable bonds is 10. The Bertz CT molecular complexity index is 763. The third-order valence-corrected chi connectivity index (χ3v) is 7.01. The van der Waals surface area contributed by atoms with Crippen LogP contribution in [0.5, 0.6) is 0 Å². The molecule has 0 atom stereocenters.